The van der Waals surface area contributed by atoms with Crippen molar-refractivity contribution in [2.75, 3.05) is 32.7 Å². The van der Waals surface area contributed by atoms with E-state index in [0.29, 0.717) is 37.0 Å². The number of hydrogen-bond acceptors (Lipinski definition) is 5. The fraction of sp³-hybridized carbons (Fsp3) is 0.800. The topological polar surface area (TPSA) is 44.8 Å². The van der Waals surface area contributed by atoms with E-state index >= 15 is 0 Å². The predicted octanol–water partition coefficient (Wildman–Crippen LogP) is 4.06. The molecule has 0 radical (unpaired) electrons. The van der Waals surface area contributed by atoms with Crippen molar-refractivity contribution in [2.45, 2.75) is 20.3 Å². The molecule has 0 heterocycles. The minimum Gasteiger partial charge on any atom is -0.384 e. The second-order valence-electron chi connectivity index (χ2n) is 2.97. The van der Waals surface area contributed by atoms with E-state index in [1.807, 2.05) is 0 Å². The van der Waals surface area contributed by atoms with E-state index in [1.54, 1.807) is 27.0 Å². The molecule has 0 aromatic rings. The van der Waals surface area contributed by atoms with Crippen LogP contribution in [0.4, 0.5) is 0 Å². The van der Waals surface area contributed by atoms with Crippen molar-refractivity contribution in [2.24, 2.45) is 0 Å². The second-order valence-corrected chi connectivity index (χ2v) is 7.58. The van der Waals surface area contributed by atoms with Gasteiger partial charge in [-0.2, -0.15) is 0 Å². The van der Waals surface area contributed by atoms with E-state index in [9.17, 15) is 4.57 Å². The van der Waals surface area contributed by atoms with Crippen LogP contribution in [-0.2, 0) is 18.3 Å². The van der Waals surface area contributed by atoms with Crippen LogP contribution in [0.15, 0.2) is 11.1 Å². The molecule has 0 aromatic carbocycles. The van der Waals surface area contributed by atoms with Gasteiger partial charge < -0.3 is 13.8 Å². The molecule has 0 aliphatic carbocycles. The van der Waals surface area contributed by atoms with Crippen molar-refractivity contribution in [1.82, 2.24) is 0 Å². The Balaban J connectivity index is 4.08. The summed E-state index contributed by atoms with van der Waals surface area (Å²) in [6, 6.07) is 0. The Kier molecular flexibility index (Phi) is 10.7. The SMILES string of the molecule is CCOP(=O)(OCC)SC/C=C(\Cl)CCOC. The van der Waals surface area contributed by atoms with Crippen molar-refractivity contribution in [3.8, 4) is 0 Å². The van der Waals surface area contributed by atoms with Crippen LogP contribution in [0.2, 0.25) is 0 Å². The molecule has 0 aliphatic rings. The lowest BCUT2D eigenvalue weighted by molar-refractivity contribution is 0.203. The van der Waals surface area contributed by atoms with Crippen LogP contribution in [0, 0.1) is 0 Å². The quantitative estimate of drug-likeness (QED) is 0.569. The smallest absolute Gasteiger partial charge is 0.384 e. The molecule has 0 atom stereocenters. The molecule has 4 nitrogen and oxygen atoms in total. The predicted molar refractivity (Wildman–Crippen MR) is 73.7 cm³/mol. The first-order valence-electron chi connectivity index (χ1n) is 5.45. The van der Waals surface area contributed by atoms with Gasteiger partial charge in [0.25, 0.3) is 0 Å². The van der Waals surface area contributed by atoms with Crippen molar-refractivity contribution in [3.63, 3.8) is 0 Å². The van der Waals surface area contributed by atoms with E-state index < -0.39 is 6.80 Å². The number of methoxy groups -OCH3 is 1. The van der Waals surface area contributed by atoms with Gasteiger partial charge in [-0.25, -0.2) is 4.57 Å². The summed E-state index contributed by atoms with van der Waals surface area (Å²) in [5.41, 5.74) is 0. The highest BCUT2D eigenvalue weighted by Gasteiger charge is 2.23. The van der Waals surface area contributed by atoms with Gasteiger partial charge in [-0.3, -0.25) is 0 Å². The van der Waals surface area contributed by atoms with Gasteiger partial charge in [0.15, 0.2) is 0 Å². The maximum absolute atomic E-state index is 12.0. The summed E-state index contributed by atoms with van der Waals surface area (Å²) < 4.78 is 27.2. The molecule has 0 spiro atoms. The van der Waals surface area contributed by atoms with E-state index in [0.717, 1.165) is 11.4 Å². The maximum atomic E-state index is 12.0. The third kappa shape index (κ3) is 9.11. The zero-order chi connectivity index (χ0) is 13.1. The van der Waals surface area contributed by atoms with Crippen LogP contribution in [0.1, 0.15) is 20.3 Å². The van der Waals surface area contributed by atoms with Gasteiger partial charge in [0.2, 0.25) is 0 Å². The first kappa shape index (κ1) is 17.5. The largest absolute Gasteiger partial charge is 0.389 e. The lowest BCUT2D eigenvalue weighted by Crippen LogP contribution is -1.93. The Labute approximate surface area is 112 Å². The lowest BCUT2D eigenvalue weighted by Gasteiger charge is -2.14. The monoisotopic (exact) mass is 302 g/mol. The van der Waals surface area contributed by atoms with Crippen LogP contribution < -0.4 is 0 Å². The minimum absolute atomic E-state index is 0.366. The second kappa shape index (κ2) is 10.4. The molecule has 102 valence electrons. The van der Waals surface area contributed by atoms with E-state index in [2.05, 4.69) is 0 Å². The molecule has 0 unspecified atom stereocenters. The standard InChI is InChI=1S/C10H20ClO4PS/c1-4-14-16(12,15-5-2)17-9-7-10(11)6-8-13-3/h7H,4-6,8-9H2,1-3H3/b10-7-. The van der Waals surface area contributed by atoms with Crippen molar-refractivity contribution in [3.05, 3.63) is 11.1 Å². The Morgan fingerprint density at radius 1 is 1.35 bits per heavy atom. The summed E-state index contributed by atoms with van der Waals surface area (Å²) in [6.45, 7) is 1.86. The summed E-state index contributed by atoms with van der Waals surface area (Å²) in [5, 5.41) is 0.693. The van der Waals surface area contributed by atoms with Crippen molar-refractivity contribution < 1.29 is 18.3 Å². The summed E-state index contributed by atoms with van der Waals surface area (Å²) in [7, 11) is 1.62. The highest BCUT2D eigenvalue weighted by atomic mass is 35.5. The first-order valence-corrected chi connectivity index (χ1v) is 8.96. The molecule has 0 rings (SSSR count). The lowest BCUT2D eigenvalue weighted by atomic mass is 10.4. The summed E-state index contributed by atoms with van der Waals surface area (Å²) in [4.78, 5) is 0. The van der Waals surface area contributed by atoms with Crippen LogP contribution in [0.5, 0.6) is 0 Å². The molecule has 0 bridgehead atoms. The molecule has 0 aliphatic heterocycles. The summed E-state index contributed by atoms with van der Waals surface area (Å²) >= 11 is 7.08. The normalized spacial score (nSPS) is 13.1. The van der Waals surface area contributed by atoms with Gasteiger partial charge >= 0.3 is 6.80 Å². The van der Waals surface area contributed by atoms with Crippen LogP contribution in [-0.4, -0.2) is 32.7 Å². The highest BCUT2D eigenvalue weighted by Crippen LogP contribution is 2.60. The molecule has 0 N–H and O–H groups in total. The van der Waals surface area contributed by atoms with Gasteiger partial charge in [0.05, 0.1) is 19.8 Å². The third-order valence-electron chi connectivity index (χ3n) is 1.66. The van der Waals surface area contributed by atoms with Crippen molar-refractivity contribution >= 4 is 29.8 Å². The molecule has 17 heavy (non-hydrogen) atoms. The van der Waals surface area contributed by atoms with Crippen LogP contribution in [0.3, 0.4) is 0 Å². The van der Waals surface area contributed by atoms with E-state index in [4.69, 9.17) is 25.4 Å². The zero-order valence-electron chi connectivity index (χ0n) is 10.5. The zero-order valence-corrected chi connectivity index (χ0v) is 12.9. The van der Waals surface area contributed by atoms with Gasteiger partial charge in [-0.1, -0.05) is 17.7 Å². The molecular formula is C10H20ClO4PS. The number of ether oxygens (including phenoxy) is 1. The van der Waals surface area contributed by atoms with E-state index in [1.165, 1.54) is 0 Å². The van der Waals surface area contributed by atoms with Crippen LogP contribution in [0.25, 0.3) is 0 Å². The van der Waals surface area contributed by atoms with Crippen LogP contribution >= 0.6 is 29.8 Å². The summed E-state index contributed by atoms with van der Waals surface area (Å²) in [6.07, 6.45) is 2.46. The molecule has 0 saturated carbocycles. The van der Waals surface area contributed by atoms with Crippen molar-refractivity contribution in [1.29, 1.82) is 0 Å². The highest BCUT2D eigenvalue weighted by molar-refractivity contribution is 8.55. The first-order chi connectivity index (χ1) is 8.08. The number of halogens is 1. The Hall–Kier alpha value is 0.490. The van der Waals surface area contributed by atoms with E-state index in [-0.39, 0.29) is 0 Å². The molecule has 0 aromatic heterocycles. The Morgan fingerprint density at radius 3 is 2.41 bits per heavy atom. The number of hydrogen-bond donors (Lipinski definition) is 0. The Morgan fingerprint density at radius 2 is 1.94 bits per heavy atom. The fourth-order valence-corrected chi connectivity index (χ4v) is 4.36. The summed E-state index contributed by atoms with van der Waals surface area (Å²) in [5.74, 6) is 0.500. The van der Waals surface area contributed by atoms with Gasteiger partial charge in [-0.05, 0) is 25.2 Å². The number of rotatable bonds is 10. The molecule has 0 amide bonds. The molecule has 0 saturated heterocycles. The van der Waals surface area contributed by atoms with Gasteiger partial charge in [0.1, 0.15) is 0 Å². The minimum atomic E-state index is -3.02. The fourth-order valence-electron chi connectivity index (χ4n) is 0.949. The molecule has 7 heteroatoms. The Bertz CT molecular complexity index is 263. The maximum Gasteiger partial charge on any atom is 0.389 e. The molecule has 0 fully saturated rings. The molecular weight excluding hydrogens is 283 g/mol. The van der Waals surface area contributed by atoms with Gasteiger partial charge in [0, 0.05) is 24.3 Å². The third-order valence-corrected chi connectivity index (χ3v) is 5.81. The average Bonchev–Trinajstić information content (AvgIpc) is 2.27. The average molecular weight is 303 g/mol. The van der Waals surface area contributed by atoms with Gasteiger partial charge in [-0.15, -0.1) is 0 Å².